The van der Waals surface area contributed by atoms with Gasteiger partial charge in [0.25, 0.3) is 11.8 Å². The molecule has 136 valence electrons. The van der Waals surface area contributed by atoms with Crippen LogP contribution in [0.3, 0.4) is 0 Å². The first-order valence-corrected chi connectivity index (χ1v) is 9.40. The highest BCUT2D eigenvalue weighted by molar-refractivity contribution is 7.14. The number of fused-ring (bicyclic) bond motifs is 1. The van der Waals surface area contributed by atoms with Crippen LogP contribution in [0.15, 0.2) is 47.8 Å². The van der Waals surface area contributed by atoms with Gasteiger partial charge < -0.3 is 10.1 Å². The Morgan fingerprint density at radius 2 is 2.04 bits per heavy atom. The number of aromatic nitrogens is 1. The summed E-state index contributed by atoms with van der Waals surface area (Å²) in [4.78, 5) is 28.5. The highest BCUT2D eigenvalue weighted by Gasteiger charge is 2.24. The average molecular weight is 400 g/mol. The second-order valence-corrected chi connectivity index (χ2v) is 7.25. The van der Waals surface area contributed by atoms with Crippen molar-refractivity contribution in [1.82, 2.24) is 4.98 Å². The molecule has 3 aromatic rings. The van der Waals surface area contributed by atoms with Crippen molar-refractivity contribution in [3.8, 4) is 17.0 Å². The summed E-state index contributed by atoms with van der Waals surface area (Å²) < 4.78 is 5.55. The number of carbonyl (C=O) groups excluding carboxylic acids is 2. The van der Waals surface area contributed by atoms with Crippen LogP contribution in [0.1, 0.15) is 17.3 Å². The number of benzene rings is 2. The molecule has 0 fully saturated rings. The quantitative estimate of drug-likeness (QED) is 0.682. The Morgan fingerprint density at radius 3 is 2.81 bits per heavy atom. The molecule has 1 aliphatic heterocycles. The number of halogens is 1. The highest BCUT2D eigenvalue weighted by Crippen LogP contribution is 2.35. The monoisotopic (exact) mass is 399 g/mol. The Labute approximate surface area is 164 Å². The Balaban J connectivity index is 1.53. The fraction of sp³-hybridized carbons (Fsp3) is 0.105. The third-order valence-corrected chi connectivity index (χ3v) is 5.05. The van der Waals surface area contributed by atoms with Crippen molar-refractivity contribution in [3.63, 3.8) is 0 Å². The van der Waals surface area contributed by atoms with Gasteiger partial charge in [0, 0.05) is 21.5 Å². The predicted molar refractivity (Wildman–Crippen MR) is 106 cm³/mol. The van der Waals surface area contributed by atoms with E-state index in [1.54, 1.807) is 43.3 Å². The standard InChI is InChI=1S/C19H14ClN3O3S/c1-10-17(24)21-14-8-12(4-7-16(14)26-10)15-9-27-19(22-15)23-18(25)11-2-5-13(20)6-3-11/h2-10H,1H3,(H,21,24)(H,22,23,25)/t10-/m0/s1. The molecule has 2 amide bonds. The number of ether oxygens (including phenoxy) is 1. The van der Waals surface area contributed by atoms with E-state index in [1.807, 2.05) is 11.4 Å². The number of nitrogens with zero attached hydrogens (tertiary/aromatic N) is 1. The van der Waals surface area contributed by atoms with Crippen molar-refractivity contribution in [1.29, 1.82) is 0 Å². The molecule has 2 aromatic carbocycles. The first kappa shape index (κ1) is 17.5. The number of thiazole rings is 1. The van der Waals surface area contributed by atoms with E-state index in [0.717, 1.165) is 5.56 Å². The number of rotatable bonds is 3. The zero-order chi connectivity index (χ0) is 19.0. The maximum absolute atomic E-state index is 12.3. The van der Waals surface area contributed by atoms with E-state index in [1.165, 1.54) is 11.3 Å². The van der Waals surface area contributed by atoms with Crippen molar-refractivity contribution >= 4 is 45.6 Å². The van der Waals surface area contributed by atoms with E-state index in [0.29, 0.717) is 32.8 Å². The zero-order valence-electron chi connectivity index (χ0n) is 14.2. The minimum atomic E-state index is -0.516. The Morgan fingerprint density at radius 1 is 1.26 bits per heavy atom. The number of hydrogen-bond acceptors (Lipinski definition) is 5. The number of carbonyl (C=O) groups is 2. The lowest BCUT2D eigenvalue weighted by atomic mass is 10.1. The van der Waals surface area contributed by atoms with Crippen LogP contribution in [-0.2, 0) is 4.79 Å². The van der Waals surface area contributed by atoms with Crippen LogP contribution in [0.25, 0.3) is 11.3 Å². The van der Waals surface area contributed by atoms with Crippen molar-refractivity contribution in [2.24, 2.45) is 0 Å². The molecule has 2 N–H and O–H groups in total. The molecule has 2 heterocycles. The first-order valence-electron chi connectivity index (χ1n) is 8.14. The molecule has 0 unspecified atom stereocenters. The Kier molecular flexibility index (Phi) is 4.55. The molecule has 8 heteroatoms. The third-order valence-electron chi connectivity index (χ3n) is 4.04. The molecule has 1 aliphatic rings. The van der Waals surface area contributed by atoms with E-state index in [4.69, 9.17) is 16.3 Å². The van der Waals surface area contributed by atoms with Gasteiger partial charge in [-0.2, -0.15) is 0 Å². The summed E-state index contributed by atoms with van der Waals surface area (Å²) in [6, 6.07) is 12.1. The molecule has 1 atom stereocenters. The molecule has 0 radical (unpaired) electrons. The van der Waals surface area contributed by atoms with Crippen LogP contribution in [0.4, 0.5) is 10.8 Å². The molecular weight excluding hydrogens is 386 g/mol. The lowest BCUT2D eigenvalue weighted by Crippen LogP contribution is -2.34. The highest BCUT2D eigenvalue weighted by atomic mass is 35.5. The summed E-state index contributed by atoms with van der Waals surface area (Å²) in [6.45, 7) is 1.70. The lowest BCUT2D eigenvalue weighted by Gasteiger charge is -2.23. The molecule has 4 rings (SSSR count). The van der Waals surface area contributed by atoms with Gasteiger partial charge in [-0.1, -0.05) is 11.6 Å². The number of hydrogen-bond donors (Lipinski definition) is 2. The van der Waals surface area contributed by atoms with Crippen LogP contribution in [-0.4, -0.2) is 22.9 Å². The summed E-state index contributed by atoms with van der Waals surface area (Å²) in [7, 11) is 0. The first-order chi connectivity index (χ1) is 13.0. The van der Waals surface area contributed by atoms with Gasteiger partial charge in [0.2, 0.25) is 0 Å². The summed E-state index contributed by atoms with van der Waals surface area (Å²) >= 11 is 7.16. The van der Waals surface area contributed by atoms with Crippen LogP contribution in [0, 0.1) is 0 Å². The maximum atomic E-state index is 12.3. The van der Waals surface area contributed by atoms with Crippen molar-refractivity contribution in [3.05, 3.63) is 58.4 Å². The van der Waals surface area contributed by atoms with Crippen LogP contribution in [0.5, 0.6) is 5.75 Å². The van der Waals surface area contributed by atoms with E-state index in [9.17, 15) is 9.59 Å². The number of amides is 2. The normalized spacial score (nSPS) is 15.5. The average Bonchev–Trinajstić information content (AvgIpc) is 3.11. The molecule has 27 heavy (non-hydrogen) atoms. The van der Waals surface area contributed by atoms with E-state index in [-0.39, 0.29) is 11.8 Å². The Hall–Kier alpha value is -2.90. The molecule has 1 aromatic heterocycles. The number of anilines is 2. The fourth-order valence-corrected chi connectivity index (χ4v) is 3.44. The lowest BCUT2D eigenvalue weighted by molar-refractivity contribution is -0.122. The van der Waals surface area contributed by atoms with Crippen molar-refractivity contribution in [2.75, 3.05) is 10.6 Å². The topological polar surface area (TPSA) is 80.3 Å². The zero-order valence-corrected chi connectivity index (χ0v) is 15.7. The van der Waals surface area contributed by atoms with Gasteiger partial charge in [-0.05, 0) is 49.4 Å². The fourth-order valence-electron chi connectivity index (χ4n) is 2.60. The van der Waals surface area contributed by atoms with Gasteiger partial charge in [0.1, 0.15) is 5.75 Å². The second kappa shape index (κ2) is 7.02. The van der Waals surface area contributed by atoms with Gasteiger partial charge in [0.05, 0.1) is 11.4 Å². The van der Waals surface area contributed by atoms with Gasteiger partial charge in [-0.25, -0.2) is 4.98 Å². The van der Waals surface area contributed by atoms with Crippen molar-refractivity contribution in [2.45, 2.75) is 13.0 Å². The van der Waals surface area contributed by atoms with E-state index >= 15 is 0 Å². The minimum absolute atomic E-state index is 0.186. The summed E-state index contributed by atoms with van der Waals surface area (Å²) in [5.74, 6) is 0.179. The molecule has 6 nitrogen and oxygen atoms in total. The second-order valence-electron chi connectivity index (χ2n) is 5.96. The summed E-state index contributed by atoms with van der Waals surface area (Å²) in [5.41, 5.74) is 2.62. The van der Waals surface area contributed by atoms with Crippen LogP contribution in [0.2, 0.25) is 5.02 Å². The minimum Gasteiger partial charge on any atom is -0.479 e. The van der Waals surface area contributed by atoms with Gasteiger partial charge in [0.15, 0.2) is 11.2 Å². The van der Waals surface area contributed by atoms with Gasteiger partial charge in [-0.15, -0.1) is 11.3 Å². The molecule has 0 aliphatic carbocycles. The third kappa shape index (κ3) is 3.65. The molecule has 0 saturated heterocycles. The molecular formula is C19H14ClN3O3S. The summed E-state index contributed by atoms with van der Waals surface area (Å²) in [5, 5.41) is 8.48. The molecule has 0 spiro atoms. The van der Waals surface area contributed by atoms with Gasteiger partial charge in [-0.3, -0.25) is 14.9 Å². The largest absolute Gasteiger partial charge is 0.479 e. The number of nitrogens with one attached hydrogen (secondary N) is 2. The van der Waals surface area contributed by atoms with Crippen LogP contribution >= 0.6 is 22.9 Å². The Bertz CT molecular complexity index is 1030. The van der Waals surface area contributed by atoms with Crippen molar-refractivity contribution < 1.29 is 14.3 Å². The predicted octanol–water partition coefficient (Wildman–Crippen LogP) is 4.44. The van der Waals surface area contributed by atoms with E-state index in [2.05, 4.69) is 15.6 Å². The van der Waals surface area contributed by atoms with E-state index < -0.39 is 6.10 Å². The summed E-state index contributed by atoms with van der Waals surface area (Å²) in [6.07, 6.45) is -0.516. The molecule has 0 saturated carbocycles. The van der Waals surface area contributed by atoms with Crippen LogP contribution < -0.4 is 15.4 Å². The molecule has 0 bridgehead atoms. The van der Waals surface area contributed by atoms with Gasteiger partial charge >= 0.3 is 0 Å². The maximum Gasteiger partial charge on any atom is 0.265 e. The SMILES string of the molecule is C[C@@H]1Oc2ccc(-c3csc(NC(=O)c4ccc(Cl)cc4)n3)cc2NC1=O. The smallest absolute Gasteiger partial charge is 0.265 e.